The Bertz CT molecular complexity index is 1420. The van der Waals surface area contributed by atoms with Crippen molar-refractivity contribution in [3.05, 3.63) is 99.8 Å². The molecule has 1 atom stereocenters. The number of nitrogens with one attached hydrogen (secondary N) is 1. The highest BCUT2D eigenvalue weighted by Gasteiger charge is 2.33. The Hall–Kier alpha value is -3.14. The molecule has 0 spiro atoms. The zero-order chi connectivity index (χ0) is 29.3. The molecule has 0 aliphatic heterocycles. The minimum atomic E-state index is -3.99. The van der Waals surface area contributed by atoms with Crippen molar-refractivity contribution in [3.8, 4) is 0 Å². The molecule has 0 radical (unpaired) electrons. The van der Waals surface area contributed by atoms with E-state index in [1.165, 1.54) is 23.1 Å². The number of carbonyl (C=O) groups is 2. The van der Waals surface area contributed by atoms with Crippen LogP contribution in [0.1, 0.15) is 30.9 Å². The van der Waals surface area contributed by atoms with Crippen LogP contribution in [0.2, 0.25) is 10.0 Å². The number of anilines is 1. The lowest BCUT2D eigenvalue weighted by molar-refractivity contribution is -0.140. The van der Waals surface area contributed by atoms with Crippen molar-refractivity contribution < 1.29 is 22.4 Å². The predicted molar refractivity (Wildman–Crippen MR) is 157 cm³/mol. The number of hydrogen-bond donors (Lipinski definition) is 1. The number of benzene rings is 3. The van der Waals surface area contributed by atoms with E-state index in [0.717, 1.165) is 35.0 Å². The van der Waals surface area contributed by atoms with Crippen molar-refractivity contribution in [2.24, 2.45) is 0 Å². The Balaban J connectivity index is 2.05. The lowest BCUT2D eigenvalue weighted by atomic mass is 10.0. The van der Waals surface area contributed by atoms with Gasteiger partial charge in [0.25, 0.3) is 0 Å². The molecular weight excluding hydrogens is 576 g/mol. The molecule has 0 saturated carbocycles. The van der Waals surface area contributed by atoms with Crippen molar-refractivity contribution in [2.45, 2.75) is 38.8 Å². The number of hydrogen-bond acceptors (Lipinski definition) is 4. The lowest BCUT2D eigenvalue weighted by Crippen LogP contribution is -2.53. The molecule has 0 bridgehead atoms. The van der Waals surface area contributed by atoms with Gasteiger partial charge in [0, 0.05) is 19.5 Å². The summed E-state index contributed by atoms with van der Waals surface area (Å²) in [7, 11) is -3.99. The van der Waals surface area contributed by atoms with Gasteiger partial charge in [-0.05, 0) is 47.9 Å². The van der Waals surface area contributed by atoms with Gasteiger partial charge in [0.2, 0.25) is 21.8 Å². The van der Waals surface area contributed by atoms with Crippen molar-refractivity contribution in [1.29, 1.82) is 0 Å². The first-order valence-electron chi connectivity index (χ1n) is 12.8. The van der Waals surface area contributed by atoms with Crippen LogP contribution < -0.4 is 9.62 Å². The van der Waals surface area contributed by atoms with Crippen molar-refractivity contribution in [3.63, 3.8) is 0 Å². The Morgan fingerprint density at radius 3 is 2.30 bits per heavy atom. The summed E-state index contributed by atoms with van der Waals surface area (Å²) in [4.78, 5) is 28.8. The number of sulfonamides is 1. The molecule has 0 aromatic heterocycles. The first-order chi connectivity index (χ1) is 19.0. The van der Waals surface area contributed by atoms with E-state index < -0.39 is 34.3 Å². The topological polar surface area (TPSA) is 86.8 Å². The fourth-order valence-corrected chi connectivity index (χ4v) is 5.30. The van der Waals surface area contributed by atoms with Crippen molar-refractivity contribution in [2.75, 3.05) is 23.7 Å². The standard InChI is InChI=1S/C29H32Cl2FN3O4S/c1-3-4-15-33-29(37)27(17-21-9-6-5-7-10-21)34(19-22-13-14-25(30)26(31)16-22)28(36)20-35(40(2,38)39)24-12-8-11-23(32)18-24/h5-14,16,18,27H,3-4,15,17,19-20H2,1-2H3,(H,33,37)/t27-/m0/s1. The Morgan fingerprint density at radius 2 is 1.68 bits per heavy atom. The van der Waals surface area contributed by atoms with E-state index in [1.54, 1.807) is 18.2 Å². The van der Waals surface area contributed by atoms with Crippen molar-refractivity contribution >= 4 is 50.7 Å². The number of rotatable bonds is 13. The predicted octanol–water partition coefficient (Wildman–Crippen LogP) is 5.45. The maximum absolute atomic E-state index is 14.0. The van der Waals surface area contributed by atoms with E-state index in [4.69, 9.17) is 23.2 Å². The molecule has 3 rings (SSSR count). The van der Waals surface area contributed by atoms with Crippen LogP contribution in [0.25, 0.3) is 0 Å². The van der Waals surface area contributed by atoms with E-state index in [1.807, 2.05) is 37.3 Å². The lowest BCUT2D eigenvalue weighted by Gasteiger charge is -2.33. The maximum atomic E-state index is 14.0. The summed E-state index contributed by atoms with van der Waals surface area (Å²) in [6, 6.07) is 18.1. The number of unbranched alkanes of at least 4 members (excludes halogenated alkanes) is 1. The van der Waals surface area contributed by atoms with E-state index in [9.17, 15) is 22.4 Å². The smallest absolute Gasteiger partial charge is 0.244 e. The molecule has 214 valence electrons. The molecule has 3 aromatic carbocycles. The summed E-state index contributed by atoms with van der Waals surface area (Å²) in [6.07, 6.45) is 2.75. The van der Waals surface area contributed by atoms with Gasteiger partial charge in [0.1, 0.15) is 18.4 Å². The molecule has 0 aliphatic carbocycles. The second kappa shape index (κ2) is 14.5. The quantitative estimate of drug-likeness (QED) is 0.262. The van der Waals surface area contributed by atoms with Crippen LogP contribution in [0, 0.1) is 5.82 Å². The molecule has 40 heavy (non-hydrogen) atoms. The van der Waals surface area contributed by atoms with Crippen LogP contribution in [0.5, 0.6) is 0 Å². The van der Waals surface area contributed by atoms with Gasteiger partial charge in [-0.3, -0.25) is 13.9 Å². The van der Waals surface area contributed by atoms with Crippen LogP contribution in [0.3, 0.4) is 0 Å². The molecule has 2 amide bonds. The van der Waals surface area contributed by atoms with E-state index in [-0.39, 0.29) is 29.6 Å². The normalized spacial score (nSPS) is 12.0. The van der Waals surface area contributed by atoms with Gasteiger partial charge in [0.15, 0.2) is 0 Å². The van der Waals surface area contributed by atoms with E-state index in [0.29, 0.717) is 17.1 Å². The molecule has 0 heterocycles. The summed E-state index contributed by atoms with van der Waals surface area (Å²) in [5.41, 5.74) is 1.41. The molecule has 11 heteroatoms. The zero-order valence-corrected chi connectivity index (χ0v) is 24.6. The second-order valence-electron chi connectivity index (χ2n) is 9.37. The minimum absolute atomic E-state index is 0.00246. The summed E-state index contributed by atoms with van der Waals surface area (Å²) in [5, 5.41) is 3.51. The molecule has 7 nitrogen and oxygen atoms in total. The third kappa shape index (κ3) is 8.94. The van der Waals surface area contributed by atoms with Gasteiger partial charge < -0.3 is 10.2 Å². The van der Waals surface area contributed by atoms with Crippen LogP contribution in [0.15, 0.2) is 72.8 Å². The van der Waals surface area contributed by atoms with Gasteiger partial charge in [-0.1, -0.05) is 79.0 Å². The fraction of sp³-hybridized carbons (Fsp3) is 0.310. The fourth-order valence-electron chi connectivity index (χ4n) is 4.14. The van der Waals surface area contributed by atoms with Gasteiger partial charge in [0.05, 0.1) is 22.0 Å². The third-order valence-corrected chi connectivity index (χ3v) is 8.09. The number of carbonyl (C=O) groups excluding carboxylic acids is 2. The monoisotopic (exact) mass is 607 g/mol. The Morgan fingerprint density at radius 1 is 0.950 bits per heavy atom. The van der Waals surface area contributed by atoms with Gasteiger partial charge in [-0.2, -0.15) is 0 Å². The molecule has 0 unspecified atom stereocenters. The second-order valence-corrected chi connectivity index (χ2v) is 12.1. The highest BCUT2D eigenvalue weighted by Crippen LogP contribution is 2.25. The van der Waals surface area contributed by atoms with Crippen LogP contribution in [0.4, 0.5) is 10.1 Å². The largest absolute Gasteiger partial charge is 0.354 e. The van der Waals surface area contributed by atoms with Crippen molar-refractivity contribution in [1.82, 2.24) is 10.2 Å². The minimum Gasteiger partial charge on any atom is -0.354 e. The average Bonchev–Trinajstić information content (AvgIpc) is 2.91. The number of nitrogens with zero attached hydrogens (tertiary/aromatic N) is 2. The summed E-state index contributed by atoms with van der Waals surface area (Å²) < 4.78 is 40.3. The highest BCUT2D eigenvalue weighted by atomic mass is 35.5. The molecule has 0 fully saturated rings. The third-order valence-electron chi connectivity index (χ3n) is 6.21. The van der Waals surface area contributed by atoms with Gasteiger partial charge in [-0.15, -0.1) is 0 Å². The number of halogens is 3. The van der Waals surface area contributed by atoms with Crippen LogP contribution in [-0.4, -0.2) is 50.5 Å². The Labute approximate surface area is 244 Å². The number of amides is 2. The molecule has 3 aromatic rings. The van der Waals surface area contributed by atoms with Gasteiger partial charge >= 0.3 is 0 Å². The first kappa shape index (κ1) is 31.4. The van der Waals surface area contributed by atoms with E-state index >= 15 is 0 Å². The average molecular weight is 609 g/mol. The van der Waals surface area contributed by atoms with Crippen LogP contribution in [-0.2, 0) is 32.6 Å². The summed E-state index contributed by atoms with van der Waals surface area (Å²) in [6.45, 7) is 1.74. The molecular formula is C29H32Cl2FN3O4S. The zero-order valence-electron chi connectivity index (χ0n) is 22.3. The first-order valence-corrected chi connectivity index (χ1v) is 15.4. The maximum Gasteiger partial charge on any atom is 0.244 e. The Kier molecular flexibility index (Phi) is 11.4. The van der Waals surface area contributed by atoms with Crippen LogP contribution >= 0.6 is 23.2 Å². The molecule has 1 N–H and O–H groups in total. The SMILES string of the molecule is CCCCNC(=O)[C@H](Cc1ccccc1)N(Cc1ccc(Cl)c(Cl)c1)C(=O)CN(c1cccc(F)c1)S(C)(=O)=O. The highest BCUT2D eigenvalue weighted by molar-refractivity contribution is 7.92. The summed E-state index contributed by atoms with van der Waals surface area (Å²) in [5.74, 6) is -1.67. The van der Waals surface area contributed by atoms with E-state index in [2.05, 4.69) is 5.32 Å². The molecule has 0 saturated heterocycles. The summed E-state index contributed by atoms with van der Waals surface area (Å²) >= 11 is 12.3. The van der Waals surface area contributed by atoms with Gasteiger partial charge in [-0.25, -0.2) is 12.8 Å². The molecule has 0 aliphatic rings.